The molecule has 0 radical (unpaired) electrons. The molecule has 0 aliphatic carbocycles. The first-order valence-electron chi connectivity index (χ1n) is 6.32. The van der Waals surface area contributed by atoms with E-state index in [1.807, 2.05) is 36.4 Å². The third-order valence-electron chi connectivity index (χ3n) is 2.94. The van der Waals surface area contributed by atoms with Crippen LogP contribution in [-0.2, 0) is 10.0 Å². The minimum Gasteiger partial charge on any atom is -0.345 e. The second kappa shape index (κ2) is 5.41. The number of fused-ring (bicyclic) bond motifs is 1. The van der Waals surface area contributed by atoms with Gasteiger partial charge in [0.05, 0.1) is 22.9 Å². The fourth-order valence-electron chi connectivity index (χ4n) is 1.97. The summed E-state index contributed by atoms with van der Waals surface area (Å²) in [7, 11) is -3.59. The van der Waals surface area contributed by atoms with Crippen LogP contribution >= 0.6 is 0 Å². The molecule has 3 rings (SSSR count). The molecule has 2 N–H and O–H groups in total. The molecular weight excluding hydrogens is 286 g/mol. The molecule has 0 spiro atoms. The van der Waals surface area contributed by atoms with Crippen LogP contribution in [0.15, 0.2) is 60.3 Å². The summed E-state index contributed by atoms with van der Waals surface area (Å²) < 4.78 is 26.7. The van der Waals surface area contributed by atoms with Crippen LogP contribution in [0.5, 0.6) is 0 Å². The third kappa shape index (κ3) is 3.11. The first kappa shape index (κ1) is 13.4. The van der Waals surface area contributed by atoms with Gasteiger partial charge in [0.15, 0.2) is 0 Å². The molecule has 5 nitrogen and oxygen atoms in total. The number of para-hydroxylation sites is 1. The molecule has 3 aromatic rings. The first-order chi connectivity index (χ1) is 10.1. The van der Waals surface area contributed by atoms with Gasteiger partial charge in [-0.15, -0.1) is 0 Å². The Bertz CT molecular complexity index is 883. The maximum absolute atomic E-state index is 12.1. The smallest absolute Gasteiger partial charge is 0.255 e. The predicted octanol–water partition coefficient (Wildman–Crippen LogP) is 2.98. The number of anilines is 1. The molecule has 21 heavy (non-hydrogen) atoms. The highest BCUT2D eigenvalue weighted by Crippen LogP contribution is 2.21. The fraction of sp³-hybridized carbons (Fsp3) is 0. The van der Waals surface area contributed by atoms with Crippen molar-refractivity contribution in [1.29, 1.82) is 0 Å². The quantitative estimate of drug-likeness (QED) is 0.777. The number of aromatic nitrogens is 2. The zero-order valence-corrected chi connectivity index (χ0v) is 11.8. The van der Waals surface area contributed by atoms with Crippen molar-refractivity contribution in [3.8, 4) is 0 Å². The van der Waals surface area contributed by atoms with E-state index in [1.54, 1.807) is 18.2 Å². The number of nitrogens with one attached hydrogen (secondary N) is 2. The summed E-state index contributed by atoms with van der Waals surface area (Å²) in [4.78, 5) is 7.05. The summed E-state index contributed by atoms with van der Waals surface area (Å²) in [6, 6.07) is 14.5. The molecule has 0 bridgehead atoms. The minimum absolute atomic E-state index is 0.450. The van der Waals surface area contributed by atoms with Gasteiger partial charge in [-0.05, 0) is 23.8 Å². The Morgan fingerprint density at radius 2 is 1.86 bits per heavy atom. The van der Waals surface area contributed by atoms with Crippen molar-refractivity contribution >= 4 is 32.8 Å². The first-order valence-corrected chi connectivity index (χ1v) is 7.87. The molecule has 0 unspecified atom stereocenters. The number of rotatable bonds is 4. The lowest BCUT2D eigenvalue weighted by Gasteiger charge is -2.04. The molecule has 0 aliphatic rings. The molecule has 0 saturated carbocycles. The zero-order chi connectivity index (χ0) is 14.7. The maximum Gasteiger partial charge on any atom is 0.255 e. The number of benzene rings is 2. The summed E-state index contributed by atoms with van der Waals surface area (Å²) in [5.74, 6) is 0. The summed E-state index contributed by atoms with van der Waals surface area (Å²) in [5.41, 5.74) is 2.64. The van der Waals surface area contributed by atoms with Crippen LogP contribution in [0.2, 0.25) is 0 Å². The second-order valence-electron chi connectivity index (χ2n) is 4.46. The summed E-state index contributed by atoms with van der Waals surface area (Å²) >= 11 is 0. The normalized spacial score (nSPS) is 12.0. The van der Waals surface area contributed by atoms with E-state index in [1.165, 1.54) is 6.33 Å². The van der Waals surface area contributed by atoms with Gasteiger partial charge in [-0.1, -0.05) is 36.4 Å². The molecule has 2 aromatic carbocycles. The number of hydrogen-bond donors (Lipinski definition) is 2. The Morgan fingerprint density at radius 3 is 2.67 bits per heavy atom. The minimum atomic E-state index is -3.59. The molecule has 1 aromatic heterocycles. The van der Waals surface area contributed by atoms with E-state index in [9.17, 15) is 8.42 Å². The Balaban J connectivity index is 1.86. The Kier molecular flexibility index (Phi) is 3.45. The number of hydrogen-bond acceptors (Lipinski definition) is 3. The average molecular weight is 299 g/mol. The largest absolute Gasteiger partial charge is 0.345 e. The molecule has 0 aliphatic heterocycles. The zero-order valence-electron chi connectivity index (χ0n) is 11.0. The van der Waals surface area contributed by atoms with E-state index in [4.69, 9.17) is 0 Å². The van der Waals surface area contributed by atoms with Crippen molar-refractivity contribution in [3.63, 3.8) is 0 Å². The molecule has 0 saturated heterocycles. The lowest BCUT2D eigenvalue weighted by atomic mass is 10.2. The van der Waals surface area contributed by atoms with Crippen molar-refractivity contribution in [2.75, 3.05) is 4.72 Å². The number of H-pyrrole nitrogens is 1. The summed E-state index contributed by atoms with van der Waals surface area (Å²) in [5, 5.41) is 1.15. The second-order valence-corrected chi connectivity index (χ2v) is 6.03. The Labute approximate surface area is 122 Å². The van der Waals surface area contributed by atoms with E-state index in [2.05, 4.69) is 14.7 Å². The van der Waals surface area contributed by atoms with Crippen molar-refractivity contribution in [2.45, 2.75) is 0 Å². The highest BCUT2D eigenvalue weighted by Gasteiger charge is 2.09. The topological polar surface area (TPSA) is 74.8 Å². The van der Waals surface area contributed by atoms with E-state index in [-0.39, 0.29) is 0 Å². The number of sulfonamides is 1. The predicted molar refractivity (Wildman–Crippen MR) is 84.1 cm³/mol. The van der Waals surface area contributed by atoms with Crippen LogP contribution in [0.4, 0.5) is 5.69 Å². The standard InChI is InChI=1S/C15H13N3O2S/c19-21(20,10-9-12-5-2-1-3-6-12)18-14-8-4-7-13-15(14)17-11-16-13/h1-11,18H,(H,16,17)/b10-9+. The van der Waals surface area contributed by atoms with E-state index >= 15 is 0 Å². The number of imidazole rings is 1. The van der Waals surface area contributed by atoms with Crippen molar-refractivity contribution in [3.05, 3.63) is 65.8 Å². The monoisotopic (exact) mass is 299 g/mol. The molecule has 0 atom stereocenters. The van der Waals surface area contributed by atoms with E-state index in [0.717, 1.165) is 16.5 Å². The highest BCUT2D eigenvalue weighted by atomic mass is 32.2. The van der Waals surface area contributed by atoms with Gasteiger partial charge in [0, 0.05) is 0 Å². The van der Waals surface area contributed by atoms with Crippen molar-refractivity contribution in [1.82, 2.24) is 9.97 Å². The van der Waals surface area contributed by atoms with Crippen LogP contribution in [0.1, 0.15) is 5.56 Å². The number of nitrogens with zero attached hydrogens (tertiary/aromatic N) is 1. The van der Waals surface area contributed by atoms with Crippen LogP contribution in [0.25, 0.3) is 17.1 Å². The van der Waals surface area contributed by atoms with Gasteiger partial charge in [-0.2, -0.15) is 0 Å². The van der Waals surface area contributed by atoms with E-state index in [0.29, 0.717) is 11.2 Å². The molecule has 0 fully saturated rings. The molecule has 6 heteroatoms. The van der Waals surface area contributed by atoms with Gasteiger partial charge >= 0.3 is 0 Å². The van der Waals surface area contributed by atoms with Gasteiger partial charge in [0.25, 0.3) is 10.0 Å². The summed E-state index contributed by atoms with van der Waals surface area (Å²) in [6.45, 7) is 0. The van der Waals surface area contributed by atoms with Crippen molar-refractivity contribution < 1.29 is 8.42 Å². The highest BCUT2D eigenvalue weighted by molar-refractivity contribution is 7.95. The molecule has 0 amide bonds. The van der Waals surface area contributed by atoms with Crippen LogP contribution in [0.3, 0.4) is 0 Å². The van der Waals surface area contributed by atoms with Gasteiger partial charge in [0.2, 0.25) is 0 Å². The van der Waals surface area contributed by atoms with Crippen molar-refractivity contribution in [2.24, 2.45) is 0 Å². The lowest BCUT2D eigenvalue weighted by molar-refractivity contribution is 0.609. The van der Waals surface area contributed by atoms with E-state index < -0.39 is 10.0 Å². The molecule has 1 heterocycles. The number of aromatic amines is 1. The Morgan fingerprint density at radius 1 is 1.05 bits per heavy atom. The van der Waals surface area contributed by atoms with Crippen LogP contribution < -0.4 is 4.72 Å². The van der Waals surface area contributed by atoms with Crippen LogP contribution in [0, 0.1) is 0 Å². The molecule has 106 valence electrons. The van der Waals surface area contributed by atoms with Gasteiger partial charge < -0.3 is 4.98 Å². The van der Waals surface area contributed by atoms with Gasteiger partial charge in [-0.25, -0.2) is 13.4 Å². The summed E-state index contributed by atoms with van der Waals surface area (Å²) in [6.07, 6.45) is 3.08. The SMILES string of the molecule is O=S(=O)(/C=C/c1ccccc1)Nc1cccc2[nH]cnc12. The van der Waals surface area contributed by atoms with Gasteiger partial charge in [0.1, 0.15) is 5.52 Å². The lowest BCUT2D eigenvalue weighted by Crippen LogP contribution is -2.09. The maximum atomic E-state index is 12.1. The third-order valence-corrected chi connectivity index (χ3v) is 3.94. The average Bonchev–Trinajstić information content (AvgIpc) is 2.96. The fourth-order valence-corrected chi connectivity index (χ4v) is 2.84. The Hall–Kier alpha value is -2.60. The van der Waals surface area contributed by atoms with Crippen LogP contribution in [-0.4, -0.2) is 18.4 Å². The molecular formula is C15H13N3O2S. The van der Waals surface area contributed by atoms with Gasteiger partial charge in [-0.3, -0.25) is 4.72 Å².